The first-order valence-electron chi connectivity index (χ1n) is 7.43. The van der Waals surface area contributed by atoms with E-state index in [4.69, 9.17) is 9.84 Å². The highest BCUT2D eigenvalue weighted by molar-refractivity contribution is 7.81. The molecule has 1 atom stereocenters. The SMILES string of the molecule is COc1cc(C(=O)O)ccc1N(c1cnc(-c2ccc(F)cc2)s1)S(=O)[O-]. The van der Waals surface area contributed by atoms with E-state index in [2.05, 4.69) is 4.98 Å². The lowest BCUT2D eigenvalue weighted by Gasteiger charge is -2.26. The number of aromatic nitrogens is 1. The van der Waals surface area contributed by atoms with Crippen LogP contribution in [-0.4, -0.2) is 31.9 Å². The third-order valence-corrected chi connectivity index (χ3v) is 5.42. The summed E-state index contributed by atoms with van der Waals surface area (Å²) in [5, 5.41) is 9.85. The van der Waals surface area contributed by atoms with E-state index >= 15 is 0 Å². The Morgan fingerprint density at radius 2 is 2.00 bits per heavy atom. The molecule has 10 heteroatoms. The van der Waals surface area contributed by atoms with Crippen molar-refractivity contribution in [1.82, 2.24) is 4.98 Å². The van der Waals surface area contributed by atoms with Gasteiger partial charge in [-0.2, -0.15) is 0 Å². The van der Waals surface area contributed by atoms with Gasteiger partial charge in [0.2, 0.25) is 0 Å². The number of thiazole rings is 1. The molecule has 0 fully saturated rings. The van der Waals surface area contributed by atoms with Crippen LogP contribution in [0, 0.1) is 5.82 Å². The second-order valence-corrected chi connectivity index (χ2v) is 7.02. The Balaban J connectivity index is 2.03. The lowest BCUT2D eigenvalue weighted by Crippen LogP contribution is -2.19. The zero-order valence-electron chi connectivity index (χ0n) is 13.8. The number of hydrogen-bond donors (Lipinski definition) is 1. The van der Waals surface area contributed by atoms with E-state index in [9.17, 15) is 17.9 Å². The summed E-state index contributed by atoms with van der Waals surface area (Å²) in [7, 11) is 1.31. The minimum Gasteiger partial charge on any atom is -0.755 e. The smallest absolute Gasteiger partial charge is 0.335 e. The first-order valence-corrected chi connectivity index (χ1v) is 9.28. The van der Waals surface area contributed by atoms with Crippen LogP contribution in [0.3, 0.4) is 0 Å². The van der Waals surface area contributed by atoms with Crippen molar-refractivity contribution >= 4 is 39.3 Å². The maximum atomic E-state index is 13.1. The standard InChI is InChI=1S/C17H13FN2O5S2/c1-25-14-8-11(17(21)22)4-7-13(14)20(27(23)24)15-9-19-16(26-15)10-2-5-12(18)6-3-10/h2-9H,1H3,(H,21,22)(H,23,24)/p-1. The van der Waals surface area contributed by atoms with E-state index in [0.29, 0.717) is 10.6 Å². The van der Waals surface area contributed by atoms with Gasteiger partial charge in [0.05, 0.1) is 35.8 Å². The predicted octanol–water partition coefficient (Wildman–Crippen LogP) is 3.59. The van der Waals surface area contributed by atoms with Gasteiger partial charge >= 0.3 is 5.97 Å². The van der Waals surface area contributed by atoms with Crippen LogP contribution in [0.15, 0.2) is 48.7 Å². The molecule has 27 heavy (non-hydrogen) atoms. The summed E-state index contributed by atoms with van der Waals surface area (Å²) < 4.78 is 42.9. The maximum absolute atomic E-state index is 13.1. The van der Waals surface area contributed by atoms with E-state index in [1.54, 1.807) is 12.1 Å². The molecule has 0 aliphatic heterocycles. The number of hydrogen-bond acceptors (Lipinski definition) is 6. The minimum absolute atomic E-state index is 0.0384. The first kappa shape index (κ1) is 19.0. The maximum Gasteiger partial charge on any atom is 0.335 e. The Bertz CT molecular complexity index is 1010. The average molecular weight is 407 g/mol. The molecular weight excluding hydrogens is 395 g/mol. The molecule has 0 bridgehead atoms. The van der Waals surface area contributed by atoms with Gasteiger partial charge in [0.1, 0.15) is 21.6 Å². The molecule has 1 heterocycles. The summed E-state index contributed by atoms with van der Waals surface area (Å²) in [5.41, 5.74) is 0.742. The van der Waals surface area contributed by atoms with Crippen LogP contribution in [0.5, 0.6) is 5.75 Å². The fourth-order valence-electron chi connectivity index (χ4n) is 2.34. The van der Waals surface area contributed by atoms with Gasteiger partial charge in [0.15, 0.2) is 0 Å². The average Bonchev–Trinajstić information content (AvgIpc) is 3.11. The largest absolute Gasteiger partial charge is 0.755 e. The van der Waals surface area contributed by atoms with Gasteiger partial charge in [-0.3, -0.25) is 8.51 Å². The molecular formula is C17H12FN2O5S2-. The number of carboxylic acids is 1. The number of aromatic carboxylic acids is 1. The Kier molecular flexibility index (Phi) is 5.49. The number of benzene rings is 2. The van der Waals surface area contributed by atoms with Crippen molar-refractivity contribution in [3.63, 3.8) is 0 Å². The first-order chi connectivity index (χ1) is 12.9. The lowest BCUT2D eigenvalue weighted by molar-refractivity contribution is 0.0696. The Labute approximate surface area is 160 Å². The van der Waals surface area contributed by atoms with Gasteiger partial charge in [-0.1, -0.05) is 11.3 Å². The van der Waals surface area contributed by atoms with Crippen molar-refractivity contribution in [2.45, 2.75) is 0 Å². The molecule has 3 rings (SSSR count). The van der Waals surface area contributed by atoms with E-state index in [0.717, 1.165) is 15.6 Å². The van der Waals surface area contributed by atoms with E-state index in [1.165, 1.54) is 43.6 Å². The summed E-state index contributed by atoms with van der Waals surface area (Å²) in [5.74, 6) is -1.47. The third kappa shape index (κ3) is 3.97. The molecule has 140 valence electrons. The summed E-state index contributed by atoms with van der Waals surface area (Å²) in [6, 6.07) is 9.51. The predicted molar refractivity (Wildman–Crippen MR) is 98.5 cm³/mol. The number of halogens is 1. The molecule has 1 aromatic heterocycles. The Morgan fingerprint density at radius 1 is 1.30 bits per heavy atom. The molecule has 1 N–H and O–H groups in total. The van der Waals surface area contributed by atoms with Crippen LogP contribution in [-0.2, 0) is 11.3 Å². The van der Waals surface area contributed by atoms with Crippen molar-refractivity contribution < 1.29 is 27.8 Å². The normalized spacial score (nSPS) is 11.8. The van der Waals surface area contributed by atoms with Crippen LogP contribution in [0.25, 0.3) is 10.6 Å². The molecule has 0 saturated carbocycles. The number of nitrogens with zero attached hydrogens (tertiary/aromatic N) is 2. The molecule has 0 saturated heterocycles. The summed E-state index contributed by atoms with van der Waals surface area (Å²) in [6.07, 6.45) is 1.36. The van der Waals surface area contributed by atoms with Crippen LogP contribution in [0.1, 0.15) is 10.4 Å². The molecule has 0 radical (unpaired) electrons. The molecule has 1 unspecified atom stereocenters. The van der Waals surface area contributed by atoms with Gasteiger partial charge < -0.3 is 14.4 Å². The second-order valence-electron chi connectivity index (χ2n) is 5.21. The fraction of sp³-hybridized carbons (Fsp3) is 0.0588. The second kappa shape index (κ2) is 7.82. The number of ether oxygens (including phenoxy) is 1. The number of rotatable bonds is 6. The monoisotopic (exact) mass is 407 g/mol. The molecule has 0 aliphatic carbocycles. The van der Waals surface area contributed by atoms with Crippen molar-refractivity contribution in [1.29, 1.82) is 0 Å². The molecule has 0 spiro atoms. The van der Waals surface area contributed by atoms with Gasteiger partial charge in [-0.25, -0.2) is 14.2 Å². The van der Waals surface area contributed by atoms with Crippen LogP contribution < -0.4 is 9.04 Å². The number of carboxylic acid groups (broad SMARTS) is 1. The molecule has 0 aliphatic rings. The summed E-state index contributed by atoms with van der Waals surface area (Å²) in [4.78, 5) is 15.3. The van der Waals surface area contributed by atoms with Crippen molar-refractivity contribution in [2.75, 3.05) is 11.4 Å². The lowest BCUT2D eigenvalue weighted by atomic mass is 10.2. The molecule has 2 aromatic carbocycles. The molecule has 3 aromatic rings. The summed E-state index contributed by atoms with van der Waals surface area (Å²) >= 11 is -1.63. The molecule has 7 nitrogen and oxygen atoms in total. The van der Waals surface area contributed by atoms with Gasteiger partial charge in [0.25, 0.3) is 0 Å². The molecule has 0 amide bonds. The Morgan fingerprint density at radius 3 is 2.59 bits per heavy atom. The number of anilines is 2. The van der Waals surface area contributed by atoms with Crippen molar-refractivity contribution in [2.24, 2.45) is 0 Å². The highest BCUT2D eigenvalue weighted by atomic mass is 32.2. The fourth-order valence-corrected chi connectivity index (χ4v) is 3.98. The van der Waals surface area contributed by atoms with Crippen molar-refractivity contribution in [3.05, 3.63) is 60.0 Å². The topological polar surface area (TPSA) is 103 Å². The zero-order chi connectivity index (χ0) is 19.6. The van der Waals surface area contributed by atoms with Gasteiger partial charge in [0, 0.05) is 5.56 Å². The van der Waals surface area contributed by atoms with E-state index in [1.807, 2.05) is 0 Å². The van der Waals surface area contributed by atoms with Crippen LogP contribution in [0.2, 0.25) is 0 Å². The van der Waals surface area contributed by atoms with E-state index in [-0.39, 0.29) is 27.8 Å². The van der Waals surface area contributed by atoms with Gasteiger partial charge in [-0.15, -0.1) is 0 Å². The highest BCUT2D eigenvalue weighted by Crippen LogP contribution is 2.40. The minimum atomic E-state index is -2.71. The van der Waals surface area contributed by atoms with Crippen molar-refractivity contribution in [3.8, 4) is 16.3 Å². The van der Waals surface area contributed by atoms with Crippen LogP contribution in [0.4, 0.5) is 15.1 Å². The zero-order valence-corrected chi connectivity index (χ0v) is 15.4. The summed E-state index contributed by atoms with van der Waals surface area (Å²) in [6.45, 7) is 0. The Hall–Kier alpha value is -2.82. The highest BCUT2D eigenvalue weighted by Gasteiger charge is 2.20. The number of carbonyl (C=O) groups is 1. The van der Waals surface area contributed by atoms with Gasteiger partial charge in [-0.05, 0) is 42.5 Å². The third-order valence-electron chi connectivity index (χ3n) is 3.58. The quantitative estimate of drug-likeness (QED) is 0.627. The van der Waals surface area contributed by atoms with Crippen LogP contribution >= 0.6 is 11.3 Å². The van der Waals surface area contributed by atoms with E-state index < -0.39 is 17.2 Å². The number of methoxy groups -OCH3 is 1.